The molecule has 1 aliphatic carbocycles. The van der Waals surface area contributed by atoms with Crippen LogP contribution in [0.4, 0.5) is 0 Å². The number of hydrogen-bond acceptors (Lipinski definition) is 1. The highest BCUT2D eigenvalue weighted by Crippen LogP contribution is 2.28. The first-order valence-corrected chi connectivity index (χ1v) is 5.17. The van der Waals surface area contributed by atoms with Crippen LogP contribution < -0.4 is 5.69 Å². The Hall–Kier alpha value is -1.77. The minimum atomic E-state index is -0.00666. The Bertz CT molecular complexity index is 513. The third kappa shape index (κ3) is 1.31. The summed E-state index contributed by atoms with van der Waals surface area (Å²) in [6, 6.07) is 8.70. The molecule has 1 heterocycles. The summed E-state index contributed by atoms with van der Waals surface area (Å²) in [5.74, 6) is 0. The molecule has 1 N–H and O–H groups in total. The number of imidazole rings is 1. The van der Waals surface area contributed by atoms with Crippen LogP contribution in [-0.2, 0) is 12.8 Å². The maximum Gasteiger partial charge on any atom is 0.325 e. The minimum Gasteiger partial charge on any atom is -0.313 e. The fourth-order valence-electron chi connectivity index (χ4n) is 2.35. The molecule has 3 heteroatoms. The summed E-state index contributed by atoms with van der Waals surface area (Å²) in [5.41, 5.74) is 2.74. The normalized spacial score (nSPS) is 15.5. The van der Waals surface area contributed by atoms with Crippen molar-refractivity contribution < 1.29 is 0 Å². The van der Waals surface area contributed by atoms with Crippen molar-refractivity contribution in [3.8, 4) is 0 Å². The van der Waals surface area contributed by atoms with Gasteiger partial charge in [0, 0.05) is 18.4 Å². The van der Waals surface area contributed by atoms with Gasteiger partial charge in [0.25, 0.3) is 0 Å². The highest BCUT2D eigenvalue weighted by molar-refractivity contribution is 5.32. The first-order valence-electron chi connectivity index (χ1n) is 5.17. The van der Waals surface area contributed by atoms with Crippen molar-refractivity contribution in [1.82, 2.24) is 9.55 Å². The number of aromatic nitrogens is 2. The quantitative estimate of drug-likeness (QED) is 0.744. The zero-order chi connectivity index (χ0) is 10.3. The van der Waals surface area contributed by atoms with E-state index in [9.17, 15) is 4.79 Å². The molecule has 2 aromatic rings. The molecule has 0 spiro atoms. The van der Waals surface area contributed by atoms with E-state index in [-0.39, 0.29) is 5.69 Å². The van der Waals surface area contributed by atoms with E-state index >= 15 is 0 Å². The second-order valence-electron chi connectivity index (χ2n) is 4.00. The summed E-state index contributed by atoms with van der Waals surface area (Å²) in [5, 5.41) is 0. The van der Waals surface area contributed by atoms with Gasteiger partial charge >= 0.3 is 5.69 Å². The fourth-order valence-corrected chi connectivity index (χ4v) is 2.35. The Morgan fingerprint density at radius 1 is 1.20 bits per heavy atom. The van der Waals surface area contributed by atoms with E-state index in [0.29, 0.717) is 6.04 Å². The van der Waals surface area contributed by atoms with E-state index in [0.717, 1.165) is 12.8 Å². The molecule has 0 aliphatic heterocycles. The smallest absolute Gasteiger partial charge is 0.313 e. The molecule has 0 saturated carbocycles. The lowest BCUT2D eigenvalue weighted by molar-refractivity contribution is 0.514. The van der Waals surface area contributed by atoms with Crippen molar-refractivity contribution >= 4 is 0 Å². The van der Waals surface area contributed by atoms with Crippen molar-refractivity contribution in [2.24, 2.45) is 0 Å². The van der Waals surface area contributed by atoms with Gasteiger partial charge in [0.05, 0.1) is 0 Å². The van der Waals surface area contributed by atoms with Gasteiger partial charge in [0.1, 0.15) is 0 Å². The van der Waals surface area contributed by atoms with E-state index in [1.54, 1.807) is 10.8 Å². The molecule has 1 aromatic heterocycles. The maximum absolute atomic E-state index is 11.5. The van der Waals surface area contributed by atoms with Crippen molar-refractivity contribution in [2.45, 2.75) is 18.9 Å². The van der Waals surface area contributed by atoms with Crippen LogP contribution in [0.3, 0.4) is 0 Å². The Balaban J connectivity index is 1.97. The largest absolute Gasteiger partial charge is 0.325 e. The third-order valence-electron chi connectivity index (χ3n) is 3.10. The number of aromatic amines is 1. The molecule has 0 radical (unpaired) electrons. The molecule has 0 amide bonds. The Labute approximate surface area is 87.4 Å². The van der Waals surface area contributed by atoms with E-state index in [1.165, 1.54) is 11.1 Å². The van der Waals surface area contributed by atoms with Gasteiger partial charge in [-0.15, -0.1) is 0 Å². The summed E-state index contributed by atoms with van der Waals surface area (Å²) >= 11 is 0. The van der Waals surface area contributed by atoms with Crippen LogP contribution in [0.25, 0.3) is 0 Å². The third-order valence-corrected chi connectivity index (χ3v) is 3.10. The van der Waals surface area contributed by atoms with Crippen LogP contribution in [0.15, 0.2) is 41.5 Å². The van der Waals surface area contributed by atoms with Gasteiger partial charge in [-0.2, -0.15) is 0 Å². The molecular weight excluding hydrogens is 188 g/mol. The summed E-state index contributed by atoms with van der Waals surface area (Å²) in [6.45, 7) is 0. The van der Waals surface area contributed by atoms with Crippen LogP contribution in [0.2, 0.25) is 0 Å². The molecule has 3 nitrogen and oxygen atoms in total. The lowest BCUT2D eigenvalue weighted by Gasteiger charge is -2.08. The van der Waals surface area contributed by atoms with Gasteiger partial charge in [-0.1, -0.05) is 24.3 Å². The monoisotopic (exact) mass is 200 g/mol. The lowest BCUT2D eigenvalue weighted by atomic mass is 10.1. The van der Waals surface area contributed by atoms with E-state index < -0.39 is 0 Å². The molecule has 76 valence electrons. The predicted molar refractivity (Wildman–Crippen MR) is 57.9 cm³/mol. The number of rotatable bonds is 1. The zero-order valence-electron chi connectivity index (χ0n) is 8.31. The highest BCUT2D eigenvalue weighted by Gasteiger charge is 2.22. The van der Waals surface area contributed by atoms with Gasteiger partial charge in [-0.3, -0.25) is 4.57 Å². The maximum atomic E-state index is 11.5. The second kappa shape index (κ2) is 3.12. The molecule has 3 rings (SSSR count). The topological polar surface area (TPSA) is 37.8 Å². The van der Waals surface area contributed by atoms with Crippen LogP contribution in [0.1, 0.15) is 17.2 Å². The average molecular weight is 200 g/mol. The number of benzene rings is 1. The van der Waals surface area contributed by atoms with E-state index in [1.807, 2.05) is 6.20 Å². The minimum absolute atomic E-state index is 0.00666. The Morgan fingerprint density at radius 2 is 1.87 bits per heavy atom. The molecule has 0 atom stereocenters. The highest BCUT2D eigenvalue weighted by atomic mass is 16.1. The SMILES string of the molecule is O=c1[nH]ccn1C1Cc2ccccc2C1. The molecule has 1 aliphatic rings. The molecule has 1 aromatic carbocycles. The van der Waals surface area contributed by atoms with Crippen LogP contribution in [0.5, 0.6) is 0 Å². The Morgan fingerprint density at radius 3 is 2.40 bits per heavy atom. The number of nitrogens with one attached hydrogen (secondary N) is 1. The van der Waals surface area contributed by atoms with Crippen molar-refractivity contribution in [1.29, 1.82) is 0 Å². The first-order chi connectivity index (χ1) is 7.34. The van der Waals surface area contributed by atoms with Gasteiger partial charge in [0.2, 0.25) is 0 Å². The molecule has 0 fully saturated rings. The first kappa shape index (κ1) is 8.53. The molecular formula is C12H12N2O. The summed E-state index contributed by atoms with van der Waals surface area (Å²) in [7, 11) is 0. The predicted octanol–water partition coefficient (Wildman–Crippen LogP) is 1.52. The Kier molecular flexibility index (Phi) is 1.78. The van der Waals surface area contributed by atoms with E-state index in [4.69, 9.17) is 0 Å². The second-order valence-corrected chi connectivity index (χ2v) is 4.00. The average Bonchev–Trinajstić information content (AvgIpc) is 2.82. The van der Waals surface area contributed by atoms with E-state index in [2.05, 4.69) is 29.2 Å². The zero-order valence-corrected chi connectivity index (χ0v) is 8.31. The van der Waals surface area contributed by atoms with Crippen molar-refractivity contribution in [3.63, 3.8) is 0 Å². The standard InChI is InChI=1S/C12H12N2O/c15-12-13-5-6-14(12)11-7-9-3-1-2-4-10(9)8-11/h1-6,11H,7-8H2,(H,13,15). The summed E-state index contributed by atoms with van der Waals surface area (Å²) in [4.78, 5) is 14.1. The number of H-pyrrole nitrogens is 1. The number of nitrogens with zero attached hydrogens (tertiary/aromatic N) is 1. The molecule has 15 heavy (non-hydrogen) atoms. The van der Waals surface area contributed by atoms with Crippen LogP contribution >= 0.6 is 0 Å². The number of hydrogen-bond donors (Lipinski definition) is 1. The van der Waals surface area contributed by atoms with Crippen molar-refractivity contribution in [3.05, 3.63) is 58.3 Å². The molecule has 0 saturated heterocycles. The number of fused-ring (bicyclic) bond motifs is 1. The van der Waals surface area contributed by atoms with Crippen molar-refractivity contribution in [2.75, 3.05) is 0 Å². The van der Waals surface area contributed by atoms with Crippen LogP contribution in [0, 0.1) is 0 Å². The van der Waals surface area contributed by atoms with Gasteiger partial charge < -0.3 is 4.98 Å². The van der Waals surface area contributed by atoms with Gasteiger partial charge in [0.15, 0.2) is 0 Å². The lowest BCUT2D eigenvalue weighted by Crippen LogP contribution is -2.21. The molecule has 0 bridgehead atoms. The van der Waals surface area contributed by atoms with Gasteiger partial charge in [-0.25, -0.2) is 4.79 Å². The summed E-state index contributed by atoms with van der Waals surface area (Å²) < 4.78 is 1.79. The van der Waals surface area contributed by atoms with Crippen LogP contribution in [-0.4, -0.2) is 9.55 Å². The molecule has 0 unspecified atom stereocenters. The fraction of sp³-hybridized carbons (Fsp3) is 0.250. The van der Waals surface area contributed by atoms with Gasteiger partial charge in [-0.05, 0) is 24.0 Å². The summed E-state index contributed by atoms with van der Waals surface area (Å²) in [6.07, 6.45) is 5.46.